The lowest BCUT2D eigenvalue weighted by molar-refractivity contribution is -0.137. The first-order valence-corrected chi connectivity index (χ1v) is 6.30. The molecule has 0 radical (unpaired) electrons. The second kappa shape index (κ2) is 6.01. The molecule has 0 amide bonds. The Balaban J connectivity index is 2.88. The van der Waals surface area contributed by atoms with Crippen molar-refractivity contribution >= 4 is 17.3 Å². The van der Waals surface area contributed by atoms with Gasteiger partial charge in [0.25, 0.3) is 0 Å². The molecule has 0 aliphatic rings. The van der Waals surface area contributed by atoms with E-state index in [2.05, 4.69) is 5.32 Å². The summed E-state index contributed by atoms with van der Waals surface area (Å²) in [6, 6.07) is 3.33. The van der Waals surface area contributed by atoms with Gasteiger partial charge in [0.1, 0.15) is 0 Å². The second-order valence-electron chi connectivity index (χ2n) is 4.90. The Labute approximate surface area is 115 Å². The van der Waals surface area contributed by atoms with Crippen molar-refractivity contribution in [1.29, 1.82) is 0 Å². The molecule has 108 valence electrons. The fourth-order valence-electron chi connectivity index (χ4n) is 1.46. The number of halogens is 4. The monoisotopic (exact) mass is 295 g/mol. The zero-order valence-corrected chi connectivity index (χ0v) is 11.6. The number of nitrogens with one attached hydrogen (secondary N) is 1. The van der Waals surface area contributed by atoms with E-state index in [0.29, 0.717) is 18.7 Å². The van der Waals surface area contributed by atoms with Crippen LogP contribution in [0.4, 0.5) is 18.9 Å². The Morgan fingerprint density at radius 3 is 2.37 bits per heavy atom. The first kappa shape index (κ1) is 16.1. The van der Waals surface area contributed by atoms with Crippen LogP contribution in [0.3, 0.4) is 0 Å². The van der Waals surface area contributed by atoms with E-state index < -0.39 is 11.7 Å². The maximum Gasteiger partial charge on any atom is 0.416 e. The number of aliphatic hydroxyl groups excluding tert-OH is 1. The van der Waals surface area contributed by atoms with Crippen molar-refractivity contribution in [1.82, 2.24) is 0 Å². The van der Waals surface area contributed by atoms with E-state index in [-0.39, 0.29) is 17.0 Å². The van der Waals surface area contributed by atoms with Gasteiger partial charge in [-0.1, -0.05) is 25.4 Å². The number of alkyl halides is 3. The minimum Gasteiger partial charge on any atom is -0.396 e. The molecule has 19 heavy (non-hydrogen) atoms. The van der Waals surface area contributed by atoms with Crippen molar-refractivity contribution in [3.8, 4) is 0 Å². The fraction of sp³-hybridized carbons (Fsp3) is 0.538. The number of hydrogen-bond acceptors (Lipinski definition) is 2. The zero-order chi connectivity index (χ0) is 14.7. The molecular weight excluding hydrogens is 279 g/mol. The molecule has 0 aliphatic carbocycles. The molecule has 0 aromatic heterocycles. The van der Waals surface area contributed by atoms with Gasteiger partial charge in [0.15, 0.2) is 0 Å². The number of anilines is 1. The average Bonchev–Trinajstić information content (AvgIpc) is 2.34. The topological polar surface area (TPSA) is 32.3 Å². The van der Waals surface area contributed by atoms with Gasteiger partial charge in [-0.25, -0.2) is 0 Å². The van der Waals surface area contributed by atoms with E-state index >= 15 is 0 Å². The molecule has 1 aromatic carbocycles. The van der Waals surface area contributed by atoms with E-state index in [0.717, 1.165) is 12.1 Å². The van der Waals surface area contributed by atoms with E-state index in [1.165, 1.54) is 6.07 Å². The summed E-state index contributed by atoms with van der Waals surface area (Å²) >= 11 is 5.68. The van der Waals surface area contributed by atoms with Gasteiger partial charge in [-0.15, -0.1) is 0 Å². The molecular formula is C13H17ClF3NO. The lowest BCUT2D eigenvalue weighted by Gasteiger charge is -2.26. The summed E-state index contributed by atoms with van der Waals surface area (Å²) in [5, 5.41) is 12.2. The third-order valence-electron chi connectivity index (χ3n) is 3.18. The maximum absolute atomic E-state index is 12.6. The van der Waals surface area contributed by atoms with Crippen LogP contribution < -0.4 is 5.32 Å². The lowest BCUT2D eigenvalue weighted by Crippen LogP contribution is -2.29. The van der Waals surface area contributed by atoms with Crippen LogP contribution >= 0.6 is 11.6 Å². The molecule has 1 aromatic rings. The Bertz CT molecular complexity index is 430. The van der Waals surface area contributed by atoms with Gasteiger partial charge in [-0.3, -0.25) is 0 Å². The van der Waals surface area contributed by atoms with E-state index in [1.54, 1.807) is 0 Å². The van der Waals surface area contributed by atoms with Crippen LogP contribution in [-0.2, 0) is 6.18 Å². The first-order chi connectivity index (χ1) is 8.70. The number of rotatable bonds is 5. The minimum atomic E-state index is -4.42. The van der Waals surface area contributed by atoms with Crippen LogP contribution in [0.15, 0.2) is 18.2 Å². The maximum atomic E-state index is 12.6. The molecule has 0 heterocycles. The van der Waals surface area contributed by atoms with Gasteiger partial charge in [0.2, 0.25) is 0 Å². The molecule has 1 atom stereocenters. The molecule has 0 saturated carbocycles. The molecule has 2 nitrogen and oxygen atoms in total. The van der Waals surface area contributed by atoms with E-state index in [9.17, 15) is 18.3 Å². The summed E-state index contributed by atoms with van der Waals surface area (Å²) in [7, 11) is 0. The van der Waals surface area contributed by atoms with Gasteiger partial charge < -0.3 is 10.4 Å². The zero-order valence-electron chi connectivity index (χ0n) is 10.8. The van der Waals surface area contributed by atoms with Gasteiger partial charge in [0, 0.05) is 22.7 Å². The SMILES string of the molecule is CCC(C)(CO)CNc1cc(Cl)cc(C(F)(F)F)c1. The summed E-state index contributed by atoms with van der Waals surface area (Å²) in [6.45, 7) is 4.10. The normalized spacial score (nSPS) is 15.1. The van der Waals surface area contributed by atoms with Crippen molar-refractivity contribution in [2.45, 2.75) is 26.4 Å². The van der Waals surface area contributed by atoms with E-state index in [4.69, 9.17) is 11.6 Å². The second-order valence-corrected chi connectivity index (χ2v) is 5.34. The smallest absolute Gasteiger partial charge is 0.396 e. The Morgan fingerprint density at radius 1 is 1.26 bits per heavy atom. The van der Waals surface area contributed by atoms with Crippen LogP contribution in [-0.4, -0.2) is 18.3 Å². The number of benzene rings is 1. The number of aliphatic hydroxyl groups is 1. The van der Waals surface area contributed by atoms with E-state index in [1.807, 2.05) is 13.8 Å². The highest BCUT2D eigenvalue weighted by atomic mass is 35.5. The summed E-state index contributed by atoms with van der Waals surface area (Å²) in [5.41, 5.74) is -0.863. The average molecular weight is 296 g/mol. The van der Waals surface area contributed by atoms with Crippen molar-refractivity contribution in [3.05, 3.63) is 28.8 Å². The summed E-state index contributed by atoms with van der Waals surface area (Å²) in [5.74, 6) is 0. The highest BCUT2D eigenvalue weighted by molar-refractivity contribution is 6.30. The highest BCUT2D eigenvalue weighted by Gasteiger charge is 2.31. The predicted octanol–water partition coefficient (Wildman–Crippen LogP) is 4.18. The van der Waals surface area contributed by atoms with Crippen LogP contribution in [0, 0.1) is 5.41 Å². The molecule has 2 N–H and O–H groups in total. The van der Waals surface area contributed by atoms with Crippen molar-refractivity contribution in [2.24, 2.45) is 5.41 Å². The Hall–Kier alpha value is -0.940. The van der Waals surface area contributed by atoms with Crippen LogP contribution in [0.5, 0.6) is 0 Å². The molecule has 0 saturated heterocycles. The lowest BCUT2D eigenvalue weighted by atomic mass is 9.88. The summed E-state index contributed by atoms with van der Waals surface area (Å²) < 4.78 is 37.9. The quantitative estimate of drug-likeness (QED) is 0.854. The van der Waals surface area contributed by atoms with Gasteiger partial charge in [-0.2, -0.15) is 13.2 Å². The molecule has 0 fully saturated rings. The molecule has 6 heteroatoms. The molecule has 0 aliphatic heterocycles. The first-order valence-electron chi connectivity index (χ1n) is 5.93. The Morgan fingerprint density at radius 2 is 1.89 bits per heavy atom. The highest BCUT2D eigenvalue weighted by Crippen LogP contribution is 2.33. The van der Waals surface area contributed by atoms with Gasteiger partial charge in [0.05, 0.1) is 12.2 Å². The third-order valence-corrected chi connectivity index (χ3v) is 3.40. The van der Waals surface area contributed by atoms with Gasteiger partial charge in [-0.05, 0) is 24.6 Å². The van der Waals surface area contributed by atoms with Crippen molar-refractivity contribution < 1.29 is 18.3 Å². The summed E-state index contributed by atoms with van der Waals surface area (Å²) in [6.07, 6.45) is -3.71. The van der Waals surface area contributed by atoms with Crippen LogP contribution in [0.25, 0.3) is 0 Å². The van der Waals surface area contributed by atoms with Crippen LogP contribution in [0.2, 0.25) is 5.02 Å². The van der Waals surface area contributed by atoms with Gasteiger partial charge >= 0.3 is 6.18 Å². The number of hydrogen-bond donors (Lipinski definition) is 2. The molecule has 0 spiro atoms. The molecule has 0 bridgehead atoms. The Kier molecular flexibility index (Phi) is 5.10. The summed E-state index contributed by atoms with van der Waals surface area (Å²) in [4.78, 5) is 0. The van der Waals surface area contributed by atoms with Crippen molar-refractivity contribution in [3.63, 3.8) is 0 Å². The predicted molar refractivity (Wildman–Crippen MR) is 70.4 cm³/mol. The minimum absolute atomic E-state index is 0.0273. The van der Waals surface area contributed by atoms with Crippen LogP contribution in [0.1, 0.15) is 25.8 Å². The standard InChI is InChI=1S/C13H17ClF3NO/c1-3-12(2,8-19)7-18-11-5-9(13(15,16)17)4-10(14)6-11/h4-6,18-19H,3,7-8H2,1-2H3. The largest absolute Gasteiger partial charge is 0.416 e. The molecule has 1 unspecified atom stereocenters. The third kappa shape index (κ3) is 4.58. The fourth-order valence-corrected chi connectivity index (χ4v) is 1.70. The molecule has 1 rings (SSSR count). The van der Waals surface area contributed by atoms with Crippen molar-refractivity contribution in [2.75, 3.05) is 18.5 Å².